The predicted octanol–water partition coefficient (Wildman–Crippen LogP) is -0.0248. The summed E-state index contributed by atoms with van der Waals surface area (Å²) in [6.45, 7) is 1.86. The summed E-state index contributed by atoms with van der Waals surface area (Å²) in [6, 6.07) is 0. The molecule has 0 fully saturated rings. The highest BCUT2D eigenvalue weighted by Crippen LogP contribution is 1.86. The molecule has 0 aliphatic rings. The van der Waals surface area contributed by atoms with Crippen molar-refractivity contribution >= 4 is 23.3 Å². The van der Waals surface area contributed by atoms with Gasteiger partial charge in [-0.3, -0.25) is 4.79 Å². The average Bonchev–Trinajstić information content (AvgIpc) is 2.77. The van der Waals surface area contributed by atoms with Crippen molar-refractivity contribution in [3.63, 3.8) is 0 Å². The number of ether oxygens (including phenoxy) is 2. The monoisotopic (exact) mass is 270 g/mol. The van der Waals surface area contributed by atoms with Crippen LogP contribution in [0, 0.1) is 0 Å². The van der Waals surface area contributed by atoms with Crippen molar-refractivity contribution in [2.75, 3.05) is 26.4 Å². The minimum absolute atomic E-state index is 0.0800. The fourth-order valence-corrected chi connectivity index (χ4v) is 1.33. The first-order valence-corrected chi connectivity index (χ1v) is 5.91. The molecule has 0 N–H and O–H groups in total. The molecule has 1 aromatic heterocycles. The Balaban J connectivity index is 1.99. The van der Waals surface area contributed by atoms with Gasteiger partial charge in [-0.1, -0.05) is 0 Å². The highest BCUT2D eigenvalue weighted by atomic mass is 32.1. The van der Waals surface area contributed by atoms with E-state index in [9.17, 15) is 4.79 Å². The summed E-state index contributed by atoms with van der Waals surface area (Å²) in [5.74, 6) is -0.423. The van der Waals surface area contributed by atoms with Gasteiger partial charge < -0.3 is 9.47 Å². The van der Waals surface area contributed by atoms with Gasteiger partial charge in [-0.2, -0.15) is 0 Å². The quantitative estimate of drug-likeness (QED) is 0.219. The molecule has 0 aromatic carbocycles. The van der Waals surface area contributed by atoms with Crippen LogP contribution in [0.5, 0.6) is 0 Å². The van der Waals surface area contributed by atoms with Gasteiger partial charge in [0.25, 0.3) is 0 Å². The van der Waals surface area contributed by atoms with E-state index in [1.807, 2.05) is 34.9 Å². The first-order chi connectivity index (χ1) is 8.72. The molecule has 0 saturated heterocycles. The molecule has 1 rings (SSSR count). The predicted molar refractivity (Wildman–Crippen MR) is 67.3 cm³/mol. The fourth-order valence-electron chi connectivity index (χ4n) is 1.26. The van der Waals surface area contributed by atoms with E-state index in [2.05, 4.69) is 22.4 Å². The van der Waals surface area contributed by atoms with Crippen LogP contribution in [0.25, 0.3) is 0 Å². The Morgan fingerprint density at radius 1 is 1.50 bits per heavy atom. The van der Waals surface area contributed by atoms with Crippen molar-refractivity contribution in [3.05, 3.63) is 18.7 Å². The summed E-state index contributed by atoms with van der Waals surface area (Å²) in [4.78, 5) is 14.5. The van der Waals surface area contributed by atoms with E-state index in [1.54, 1.807) is 0 Å². The van der Waals surface area contributed by atoms with E-state index in [0.717, 1.165) is 6.54 Å². The standard InChI is InChI=1S/C11H16N3O3S/c1-13-2-3-14(10-13)4-5-16-6-7-17-11(15)8-12-9-18/h2-3,10H,4-8H2,1H3/q+1. The third-order valence-electron chi connectivity index (χ3n) is 2.08. The molecule has 0 atom stereocenters. The van der Waals surface area contributed by atoms with Crippen molar-refractivity contribution in [2.24, 2.45) is 12.0 Å². The van der Waals surface area contributed by atoms with Crippen LogP contribution in [0.15, 0.2) is 23.7 Å². The number of thiocarbonyl (C=S) groups is 1. The number of hydrogen-bond donors (Lipinski definition) is 0. The molecule has 7 heteroatoms. The largest absolute Gasteiger partial charge is 0.462 e. The van der Waals surface area contributed by atoms with Gasteiger partial charge in [0.05, 0.1) is 25.4 Å². The van der Waals surface area contributed by atoms with Gasteiger partial charge in [-0.05, 0) is 12.2 Å². The van der Waals surface area contributed by atoms with Gasteiger partial charge in [0.15, 0.2) is 0 Å². The second-order valence-corrected chi connectivity index (χ2v) is 3.74. The molecule has 1 aromatic rings. The Morgan fingerprint density at radius 3 is 3.00 bits per heavy atom. The van der Waals surface area contributed by atoms with E-state index in [1.165, 1.54) is 0 Å². The number of esters is 1. The SMILES string of the molecule is C[n+]1ccn(CCOCCOC(=O)CN=C=S)c1. The van der Waals surface area contributed by atoms with Crippen LogP contribution in [0.2, 0.25) is 0 Å². The van der Waals surface area contributed by atoms with Crippen molar-refractivity contribution in [3.8, 4) is 0 Å². The van der Waals surface area contributed by atoms with Crippen molar-refractivity contribution in [1.82, 2.24) is 4.57 Å². The number of carbonyl (C=O) groups is 1. The summed E-state index contributed by atoms with van der Waals surface area (Å²) in [6.07, 6.45) is 5.89. The summed E-state index contributed by atoms with van der Waals surface area (Å²) in [7, 11) is 1.96. The van der Waals surface area contributed by atoms with Crippen LogP contribution >= 0.6 is 12.2 Å². The molecule has 0 bridgehead atoms. The van der Waals surface area contributed by atoms with Gasteiger partial charge in [-0.25, -0.2) is 14.1 Å². The van der Waals surface area contributed by atoms with E-state index >= 15 is 0 Å². The highest BCUT2D eigenvalue weighted by Gasteiger charge is 2.01. The van der Waals surface area contributed by atoms with Crippen LogP contribution in [-0.2, 0) is 27.9 Å². The molecule has 0 amide bonds. The van der Waals surface area contributed by atoms with Gasteiger partial charge in [0, 0.05) is 0 Å². The number of isothiocyanates is 1. The zero-order valence-corrected chi connectivity index (χ0v) is 11.1. The van der Waals surface area contributed by atoms with Crippen molar-refractivity contribution in [1.29, 1.82) is 0 Å². The van der Waals surface area contributed by atoms with Crippen molar-refractivity contribution < 1.29 is 18.8 Å². The molecule has 6 nitrogen and oxygen atoms in total. The second-order valence-electron chi connectivity index (χ2n) is 3.56. The van der Waals surface area contributed by atoms with Crippen molar-refractivity contribution in [2.45, 2.75) is 6.54 Å². The normalized spacial score (nSPS) is 9.83. The molecular formula is C11H16N3O3S+. The number of aliphatic imine (C=N–C) groups is 1. The maximum absolute atomic E-state index is 11.0. The van der Waals surface area contributed by atoms with Gasteiger partial charge >= 0.3 is 5.97 Å². The Hall–Kier alpha value is -1.56. The maximum atomic E-state index is 11.0. The smallest absolute Gasteiger partial charge is 0.328 e. The van der Waals surface area contributed by atoms with Gasteiger partial charge in [-0.15, -0.1) is 0 Å². The highest BCUT2D eigenvalue weighted by molar-refractivity contribution is 7.78. The minimum atomic E-state index is -0.423. The maximum Gasteiger partial charge on any atom is 0.328 e. The van der Waals surface area contributed by atoms with E-state index in [0.29, 0.717) is 13.2 Å². The number of carbonyl (C=O) groups excluding carboxylic acids is 1. The average molecular weight is 270 g/mol. The lowest BCUT2D eigenvalue weighted by Crippen LogP contribution is -2.24. The summed E-state index contributed by atoms with van der Waals surface area (Å²) in [5, 5.41) is 2.10. The molecule has 18 heavy (non-hydrogen) atoms. The summed E-state index contributed by atoms with van der Waals surface area (Å²) < 4.78 is 14.1. The third-order valence-corrected chi connectivity index (χ3v) is 2.21. The number of aryl methyl sites for hydroxylation is 1. The van der Waals surface area contributed by atoms with Crippen LogP contribution < -0.4 is 4.57 Å². The van der Waals surface area contributed by atoms with Crippen LogP contribution in [-0.4, -0.2) is 42.1 Å². The molecule has 98 valence electrons. The molecule has 0 radical (unpaired) electrons. The Labute approximate surface area is 111 Å². The number of rotatable bonds is 8. The van der Waals surface area contributed by atoms with Crippen LogP contribution in [0.4, 0.5) is 0 Å². The first kappa shape index (κ1) is 14.5. The van der Waals surface area contributed by atoms with Crippen LogP contribution in [0.1, 0.15) is 0 Å². The lowest BCUT2D eigenvalue weighted by atomic mass is 10.6. The Kier molecular flexibility index (Phi) is 6.86. The van der Waals surface area contributed by atoms with E-state index in [4.69, 9.17) is 9.47 Å². The zero-order chi connectivity index (χ0) is 13.2. The zero-order valence-electron chi connectivity index (χ0n) is 10.2. The van der Waals surface area contributed by atoms with Gasteiger partial charge in [0.2, 0.25) is 6.33 Å². The molecule has 0 saturated carbocycles. The lowest BCUT2D eigenvalue weighted by Gasteiger charge is -2.03. The molecular weight excluding hydrogens is 254 g/mol. The molecule has 1 heterocycles. The first-order valence-electron chi connectivity index (χ1n) is 5.50. The number of nitrogens with zero attached hydrogens (tertiary/aromatic N) is 3. The number of aromatic nitrogens is 2. The Bertz CT molecular complexity index is 427. The van der Waals surface area contributed by atoms with Gasteiger partial charge in [0.1, 0.15) is 32.1 Å². The third kappa shape index (κ3) is 6.24. The lowest BCUT2D eigenvalue weighted by molar-refractivity contribution is -0.671. The molecule has 0 aliphatic carbocycles. The summed E-state index contributed by atoms with van der Waals surface area (Å²) >= 11 is 4.34. The second kappa shape index (κ2) is 8.52. The Morgan fingerprint density at radius 2 is 2.33 bits per heavy atom. The van der Waals surface area contributed by atoms with Crippen LogP contribution in [0.3, 0.4) is 0 Å². The molecule has 0 unspecified atom stereocenters. The minimum Gasteiger partial charge on any atom is -0.462 e. The number of imidazole rings is 1. The van der Waals surface area contributed by atoms with E-state index < -0.39 is 5.97 Å². The summed E-state index contributed by atoms with van der Waals surface area (Å²) in [5.41, 5.74) is 0. The topological polar surface area (TPSA) is 56.7 Å². The molecule has 0 spiro atoms. The molecule has 0 aliphatic heterocycles. The van der Waals surface area contributed by atoms with E-state index in [-0.39, 0.29) is 13.2 Å². The fraction of sp³-hybridized carbons (Fsp3) is 0.545. The number of hydrogen-bond acceptors (Lipinski definition) is 5.